The summed E-state index contributed by atoms with van der Waals surface area (Å²) in [6, 6.07) is 25.2. The van der Waals surface area contributed by atoms with E-state index >= 15 is 0 Å². The highest BCUT2D eigenvalue weighted by Gasteiger charge is 2.49. The fourth-order valence-corrected chi connectivity index (χ4v) is 6.82. The topological polar surface area (TPSA) is 49.8 Å². The van der Waals surface area contributed by atoms with Gasteiger partial charge in [-0.1, -0.05) is 86.6 Å². The van der Waals surface area contributed by atoms with Gasteiger partial charge in [0.05, 0.1) is 5.60 Å². The van der Waals surface area contributed by atoms with Crippen LogP contribution in [-0.2, 0) is 10.3 Å². The summed E-state index contributed by atoms with van der Waals surface area (Å²) in [6.07, 6.45) is 3.80. The molecule has 36 heavy (non-hydrogen) atoms. The van der Waals surface area contributed by atoms with Crippen LogP contribution in [0, 0.1) is 0 Å². The Bertz CT molecular complexity index is 1220. The van der Waals surface area contributed by atoms with Gasteiger partial charge in [-0.2, -0.15) is 0 Å². The molecule has 2 atom stereocenters. The second-order valence-corrected chi connectivity index (χ2v) is 11.2. The Labute approximate surface area is 213 Å². The standard InChI is InChI=1S/C32H35NO3/c1-21(2)22-9-7-10-23(17-22)32(35)18-24-11-8-12-25(19-32)33(24)31(34)36-20-30-28-15-5-3-13-26(28)27-14-4-6-16-29(27)30/h3-7,9-10,13-17,21,24-25,30,35H,8,11-12,18-20H2,1-2H3. The molecule has 3 aliphatic rings. The van der Waals surface area contributed by atoms with Crippen LogP contribution in [0.4, 0.5) is 4.79 Å². The van der Waals surface area contributed by atoms with E-state index in [1.165, 1.54) is 27.8 Å². The summed E-state index contributed by atoms with van der Waals surface area (Å²) in [6.45, 7) is 4.69. The van der Waals surface area contributed by atoms with Gasteiger partial charge in [0.25, 0.3) is 0 Å². The Kier molecular flexibility index (Phi) is 5.88. The zero-order valence-corrected chi connectivity index (χ0v) is 21.2. The molecular weight excluding hydrogens is 446 g/mol. The lowest BCUT2D eigenvalue weighted by molar-refractivity contribution is -0.0891. The van der Waals surface area contributed by atoms with Crippen molar-refractivity contribution in [1.29, 1.82) is 0 Å². The highest BCUT2D eigenvalue weighted by molar-refractivity contribution is 5.79. The number of hydrogen-bond acceptors (Lipinski definition) is 3. The van der Waals surface area contributed by atoms with Gasteiger partial charge in [0, 0.05) is 30.8 Å². The number of carbonyl (C=O) groups excluding carboxylic acids is 1. The Morgan fingerprint density at radius 3 is 2.17 bits per heavy atom. The third-order valence-corrected chi connectivity index (χ3v) is 8.65. The molecule has 6 rings (SSSR count). The van der Waals surface area contributed by atoms with Gasteiger partial charge < -0.3 is 14.7 Å². The number of carbonyl (C=O) groups is 1. The van der Waals surface area contributed by atoms with Crippen molar-refractivity contribution in [3.63, 3.8) is 0 Å². The number of hydrogen-bond donors (Lipinski definition) is 1. The van der Waals surface area contributed by atoms with Gasteiger partial charge in [0.2, 0.25) is 0 Å². The SMILES string of the molecule is CC(C)c1cccc(C2(O)CC3CCCC(C2)N3C(=O)OCC2c3ccccc3-c3ccccc32)c1. The molecule has 2 saturated heterocycles. The van der Waals surface area contributed by atoms with Crippen molar-refractivity contribution in [3.8, 4) is 11.1 Å². The molecule has 2 bridgehead atoms. The summed E-state index contributed by atoms with van der Waals surface area (Å²) < 4.78 is 6.05. The normalized spacial score (nSPS) is 24.9. The molecule has 1 amide bonds. The summed E-state index contributed by atoms with van der Waals surface area (Å²) in [5, 5.41) is 11.8. The highest BCUT2D eigenvalue weighted by atomic mass is 16.6. The van der Waals surface area contributed by atoms with E-state index in [2.05, 4.69) is 80.6 Å². The summed E-state index contributed by atoms with van der Waals surface area (Å²) in [4.78, 5) is 15.5. The van der Waals surface area contributed by atoms with Crippen molar-refractivity contribution >= 4 is 6.09 Å². The molecule has 2 unspecified atom stereocenters. The molecule has 3 aromatic carbocycles. The molecule has 0 aromatic heterocycles. The molecule has 3 aromatic rings. The minimum absolute atomic E-state index is 0.000793. The zero-order valence-electron chi connectivity index (χ0n) is 21.2. The maximum absolute atomic E-state index is 13.5. The molecule has 4 heteroatoms. The quantitative estimate of drug-likeness (QED) is 0.438. The number of piperidine rings is 2. The Morgan fingerprint density at radius 2 is 1.56 bits per heavy atom. The number of rotatable bonds is 4. The van der Waals surface area contributed by atoms with Gasteiger partial charge in [-0.25, -0.2) is 4.79 Å². The van der Waals surface area contributed by atoms with Gasteiger partial charge in [-0.3, -0.25) is 0 Å². The van der Waals surface area contributed by atoms with E-state index < -0.39 is 5.60 Å². The average molecular weight is 482 g/mol. The number of amides is 1. The van der Waals surface area contributed by atoms with Crippen molar-refractivity contribution in [2.45, 2.75) is 75.5 Å². The molecule has 2 aliphatic heterocycles. The van der Waals surface area contributed by atoms with E-state index in [0.29, 0.717) is 25.4 Å². The first-order valence-corrected chi connectivity index (χ1v) is 13.4. The van der Waals surface area contributed by atoms with Gasteiger partial charge >= 0.3 is 6.09 Å². The number of nitrogens with zero attached hydrogens (tertiary/aromatic N) is 1. The third kappa shape index (κ3) is 3.92. The maximum atomic E-state index is 13.5. The van der Waals surface area contributed by atoms with Crippen LogP contribution in [0.2, 0.25) is 0 Å². The smallest absolute Gasteiger partial charge is 0.410 e. The van der Waals surface area contributed by atoms with Crippen molar-refractivity contribution in [2.75, 3.05) is 6.61 Å². The van der Waals surface area contributed by atoms with Gasteiger partial charge in [-0.05, 0) is 58.6 Å². The highest BCUT2D eigenvalue weighted by Crippen LogP contribution is 2.47. The lowest BCUT2D eigenvalue weighted by Gasteiger charge is -2.51. The predicted molar refractivity (Wildman–Crippen MR) is 142 cm³/mol. The van der Waals surface area contributed by atoms with Gasteiger partial charge in [-0.15, -0.1) is 0 Å². The van der Waals surface area contributed by atoms with Gasteiger partial charge in [0.1, 0.15) is 6.61 Å². The van der Waals surface area contributed by atoms with Crippen LogP contribution in [0.3, 0.4) is 0 Å². The molecule has 0 radical (unpaired) electrons. The van der Waals surface area contributed by atoms with Crippen molar-refractivity contribution in [2.24, 2.45) is 0 Å². The van der Waals surface area contributed by atoms with E-state index in [9.17, 15) is 9.90 Å². The largest absolute Gasteiger partial charge is 0.448 e. The summed E-state index contributed by atoms with van der Waals surface area (Å²) in [5.41, 5.74) is 6.24. The van der Waals surface area contributed by atoms with Crippen LogP contribution in [-0.4, -0.2) is 34.8 Å². The van der Waals surface area contributed by atoms with E-state index in [1.54, 1.807) is 0 Å². The second kappa shape index (κ2) is 9.08. The molecule has 4 nitrogen and oxygen atoms in total. The average Bonchev–Trinajstić information content (AvgIpc) is 3.20. The first kappa shape index (κ1) is 23.3. The second-order valence-electron chi connectivity index (χ2n) is 11.2. The predicted octanol–water partition coefficient (Wildman–Crippen LogP) is 6.96. The Balaban J connectivity index is 1.20. The Morgan fingerprint density at radius 1 is 0.944 bits per heavy atom. The fourth-order valence-electron chi connectivity index (χ4n) is 6.82. The van der Waals surface area contributed by atoms with Crippen molar-refractivity contribution in [1.82, 2.24) is 4.90 Å². The van der Waals surface area contributed by atoms with Crippen LogP contribution >= 0.6 is 0 Å². The molecular formula is C32H35NO3. The van der Waals surface area contributed by atoms with Crippen LogP contribution < -0.4 is 0 Å². The molecule has 1 N–H and O–H groups in total. The minimum Gasteiger partial charge on any atom is -0.448 e. The number of aliphatic hydroxyl groups is 1. The monoisotopic (exact) mass is 481 g/mol. The van der Waals surface area contributed by atoms with E-state index in [4.69, 9.17) is 4.74 Å². The number of ether oxygens (including phenoxy) is 1. The lowest BCUT2D eigenvalue weighted by Crippen LogP contribution is -2.59. The Hall–Kier alpha value is -3.11. The van der Waals surface area contributed by atoms with Crippen LogP contribution in [0.1, 0.15) is 80.0 Å². The first-order valence-electron chi connectivity index (χ1n) is 13.4. The maximum Gasteiger partial charge on any atom is 0.410 e. The molecule has 0 spiro atoms. The molecule has 1 aliphatic carbocycles. The van der Waals surface area contributed by atoms with E-state index in [-0.39, 0.29) is 24.1 Å². The molecule has 0 saturated carbocycles. The van der Waals surface area contributed by atoms with Crippen LogP contribution in [0.15, 0.2) is 72.8 Å². The third-order valence-electron chi connectivity index (χ3n) is 8.65. The summed E-state index contributed by atoms with van der Waals surface area (Å²) >= 11 is 0. The van der Waals surface area contributed by atoms with Crippen molar-refractivity contribution < 1.29 is 14.6 Å². The first-order chi connectivity index (χ1) is 17.4. The molecule has 2 heterocycles. The van der Waals surface area contributed by atoms with E-state index in [1.807, 2.05) is 11.0 Å². The fraction of sp³-hybridized carbons (Fsp3) is 0.406. The summed E-state index contributed by atoms with van der Waals surface area (Å²) in [5.74, 6) is 0.468. The lowest BCUT2D eigenvalue weighted by atomic mass is 9.72. The van der Waals surface area contributed by atoms with Gasteiger partial charge in [0.15, 0.2) is 0 Å². The number of fused-ring (bicyclic) bond motifs is 5. The molecule has 2 fully saturated rings. The number of benzene rings is 3. The minimum atomic E-state index is -0.902. The zero-order chi connectivity index (χ0) is 24.9. The van der Waals surface area contributed by atoms with E-state index in [0.717, 1.165) is 24.8 Å². The summed E-state index contributed by atoms with van der Waals surface area (Å²) in [7, 11) is 0. The van der Waals surface area contributed by atoms with Crippen molar-refractivity contribution in [3.05, 3.63) is 95.1 Å². The van der Waals surface area contributed by atoms with Crippen LogP contribution in [0.25, 0.3) is 11.1 Å². The molecule has 186 valence electrons. The van der Waals surface area contributed by atoms with Crippen LogP contribution in [0.5, 0.6) is 0 Å².